The Morgan fingerprint density at radius 1 is 0.552 bits per heavy atom. The van der Waals surface area contributed by atoms with Gasteiger partial charge in [0.2, 0.25) is 0 Å². The zero-order valence-electron chi connectivity index (χ0n) is 16.0. The van der Waals surface area contributed by atoms with Gasteiger partial charge in [0.25, 0.3) is 0 Å². The molecule has 0 aliphatic heterocycles. The molecule has 0 saturated carbocycles. The van der Waals surface area contributed by atoms with Gasteiger partial charge in [0.05, 0.1) is 24.3 Å². The monoisotopic (exact) mass is 390 g/mol. The Hall–Kier alpha value is -3.44. The standard InChI is InChI=1S/C24H22O5/c25-23(28-16-15-27-17-19-9-3-1-4-10-19)21-13-7-8-14-22(21)24(26)29-18-20-11-5-2-6-12-20/h1-14H,15-18H2. The van der Waals surface area contributed by atoms with Gasteiger partial charge in [-0.3, -0.25) is 0 Å². The van der Waals surface area contributed by atoms with E-state index in [1.54, 1.807) is 24.3 Å². The third kappa shape index (κ3) is 6.30. The molecule has 5 nitrogen and oxygen atoms in total. The molecule has 0 heterocycles. The van der Waals surface area contributed by atoms with E-state index >= 15 is 0 Å². The van der Waals surface area contributed by atoms with Crippen molar-refractivity contribution in [1.82, 2.24) is 0 Å². The highest BCUT2D eigenvalue weighted by molar-refractivity contribution is 6.03. The van der Waals surface area contributed by atoms with E-state index in [0.29, 0.717) is 6.61 Å². The number of carbonyl (C=O) groups excluding carboxylic acids is 2. The maximum atomic E-state index is 12.4. The molecule has 0 spiro atoms. The first kappa shape index (κ1) is 20.3. The van der Waals surface area contributed by atoms with Crippen LogP contribution in [0.1, 0.15) is 31.8 Å². The van der Waals surface area contributed by atoms with Crippen LogP contribution >= 0.6 is 0 Å². The first-order valence-electron chi connectivity index (χ1n) is 9.33. The van der Waals surface area contributed by atoms with Gasteiger partial charge in [-0.25, -0.2) is 9.59 Å². The van der Waals surface area contributed by atoms with Crippen LogP contribution in [0.15, 0.2) is 84.9 Å². The topological polar surface area (TPSA) is 61.8 Å². The summed E-state index contributed by atoms with van der Waals surface area (Å²) in [6.45, 7) is 0.942. The predicted molar refractivity (Wildman–Crippen MR) is 108 cm³/mol. The quantitative estimate of drug-likeness (QED) is 0.400. The van der Waals surface area contributed by atoms with Gasteiger partial charge in [0, 0.05) is 0 Å². The summed E-state index contributed by atoms with van der Waals surface area (Å²) in [6.07, 6.45) is 0. The van der Waals surface area contributed by atoms with Crippen molar-refractivity contribution in [2.75, 3.05) is 13.2 Å². The van der Waals surface area contributed by atoms with Crippen molar-refractivity contribution in [1.29, 1.82) is 0 Å². The largest absolute Gasteiger partial charge is 0.460 e. The molecule has 0 fully saturated rings. The van der Waals surface area contributed by atoms with Gasteiger partial charge in [-0.05, 0) is 23.3 Å². The fraction of sp³-hybridized carbons (Fsp3) is 0.167. The lowest BCUT2D eigenvalue weighted by Crippen LogP contribution is -2.16. The van der Waals surface area contributed by atoms with Crippen LogP contribution in [-0.4, -0.2) is 25.2 Å². The Bertz CT molecular complexity index is 922. The molecule has 5 heteroatoms. The van der Waals surface area contributed by atoms with E-state index in [4.69, 9.17) is 14.2 Å². The Labute approximate surface area is 169 Å². The van der Waals surface area contributed by atoms with Crippen LogP contribution in [0.5, 0.6) is 0 Å². The van der Waals surface area contributed by atoms with E-state index in [9.17, 15) is 9.59 Å². The highest BCUT2D eigenvalue weighted by Crippen LogP contribution is 2.13. The molecule has 0 aliphatic rings. The average molecular weight is 390 g/mol. The van der Waals surface area contributed by atoms with Gasteiger partial charge < -0.3 is 14.2 Å². The molecular formula is C24H22O5. The molecule has 0 amide bonds. The number of rotatable bonds is 9. The van der Waals surface area contributed by atoms with Crippen LogP contribution in [0.3, 0.4) is 0 Å². The van der Waals surface area contributed by atoms with E-state index in [1.807, 2.05) is 60.7 Å². The van der Waals surface area contributed by atoms with Crippen LogP contribution in [-0.2, 0) is 27.4 Å². The number of esters is 2. The summed E-state index contributed by atoms with van der Waals surface area (Å²) in [7, 11) is 0. The molecular weight excluding hydrogens is 368 g/mol. The minimum absolute atomic E-state index is 0.0963. The molecule has 0 aromatic heterocycles. The van der Waals surface area contributed by atoms with Crippen LogP contribution in [0.2, 0.25) is 0 Å². The summed E-state index contributed by atoms with van der Waals surface area (Å²) in [4.78, 5) is 24.8. The highest BCUT2D eigenvalue weighted by Gasteiger charge is 2.19. The van der Waals surface area contributed by atoms with Crippen molar-refractivity contribution in [2.24, 2.45) is 0 Å². The Kier molecular flexibility index (Phi) is 7.55. The second kappa shape index (κ2) is 10.8. The lowest BCUT2D eigenvalue weighted by molar-refractivity contribution is 0.0279. The lowest BCUT2D eigenvalue weighted by Gasteiger charge is -2.10. The molecule has 0 bridgehead atoms. The maximum Gasteiger partial charge on any atom is 0.339 e. The second-order valence-electron chi connectivity index (χ2n) is 6.28. The summed E-state index contributed by atoms with van der Waals surface area (Å²) in [5, 5.41) is 0. The molecule has 0 atom stereocenters. The highest BCUT2D eigenvalue weighted by atomic mass is 16.6. The Morgan fingerprint density at radius 2 is 1.03 bits per heavy atom. The van der Waals surface area contributed by atoms with Gasteiger partial charge in [-0.1, -0.05) is 72.8 Å². The van der Waals surface area contributed by atoms with Gasteiger partial charge in [-0.15, -0.1) is 0 Å². The molecule has 3 rings (SSSR count). The fourth-order valence-electron chi connectivity index (χ4n) is 2.68. The normalized spacial score (nSPS) is 10.3. The number of hydrogen-bond donors (Lipinski definition) is 0. The molecule has 0 radical (unpaired) electrons. The van der Waals surface area contributed by atoms with Gasteiger partial charge in [0.1, 0.15) is 13.2 Å². The van der Waals surface area contributed by atoms with E-state index < -0.39 is 11.9 Å². The van der Waals surface area contributed by atoms with Crippen molar-refractivity contribution < 1.29 is 23.8 Å². The third-order valence-electron chi connectivity index (χ3n) is 4.15. The van der Waals surface area contributed by atoms with Gasteiger partial charge >= 0.3 is 11.9 Å². The third-order valence-corrected chi connectivity index (χ3v) is 4.15. The van der Waals surface area contributed by atoms with Crippen molar-refractivity contribution in [3.63, 3.8) is 0 Å². The molecule has 29 heavy (non-hydrogen) atoms. The minimum atomic E-state index is -0.583. The first-order chi connectivity index (χ1) is 14.2. The van der Waals surface area contributed by atoms with Crippen molar-refractivity contribution in [3.05, 3.63) is 107 Å². The summed E-state index contributed by atoms with van der Waals surface area (Å²) in [5.74, 6) is -1.15. The molecule has 0 aliphatic carbocycles. The number of benzene rings is 3. The van der Waals surface area contributed by atoms with E-state index in [-0.39, 0.29) is 30.9 Å². The molecule has 148 valence electrons. The van der Waals surface area contributed by atoms with Crippen LogP contribution in [0.4, 0.5) is 0 Å². The molecule has 0 saturated heterocycles. The van der Waals surface area contributed by atoms with Crippen LogP contribution < -0.4 is 0 Å². The lowest BCUT2D eigenvalue weighted by atomic mass is 10.1. The number of carbonyl (C=O) groups is 2. The van der Waals surface area contributed by atoms with Crippen molar-refractivity contribution in [2.45, 2.75) is 13.2 Å². The molecule has 0 unspecified atom stereocenters. The summed E-state index contributed by atoms with van der Waals surface area (Å²) >= 11 is 0. The van der Waals surface area contributed by atoms with Crippen LogP contribution in [0, 0.1) is 0 Å². The van der Waals surface area contributed by atoms with E-state index in [2.05, 4.69) is 0 Å². The van der Waals surface area contributed by atoms with Crippen LogP contribution in [0.25, 0.3) is 0 Å². The Balaban J connectivity index is 1.49. The molecule has 0 N–H and O–H groups in total. The van der Waals surface area contributed by atoms with Crippen molar-refractivity contribution >= 4 is 11.9 Å². The van der Waals surface area contributed by atoms with E-state index in [0.717, 1.165) is 11.1 Å². The fourth-order valence-corrected chi connectivity index (χ4v) is 2.68. The first-order valence-corrected chi connectivity index (χ1v) is 9.33. The number of ether oxygens (including phenoxy) is 3. The summed E-state index contributed by atoms with van der Waals surface area (Å²) in [5.41, 5.74) is 2.27. The zero-order chi connectivity index (χ0) is 20.3. The molecule has 3 aromatic carbocycles. The number of hydrogen-bond acceptors (Lipinski definition) is 5. The SMILES string of the molecule is O=C(OCCOCc1ccccc1)c1ccccc1C(=O)OCc1ccccc1. The van der Waals surface area contributed by atoms with Gasteiger partial charge in [-0.2, -0.15) is 0 Å². The average Bonchev–Trinajstić information content (AvgIpc) is 2.78. The van der Waals surface area contributed by atoms with E-state index in [1.165, 1.54) is 0 Å². The maximum absolute atomic E-state index is 12.4. The minimum Gasteiger partial charge on any atom is -0.460 e. The predicted octanol–water partition coefficient (Wildman–Crippen LogP) is 4.42. The molecule has 3 aromatic rings. The zero-order valence-corrected chi connectivity index (χ0v) is 16.0. The van der Waals surface area contributed by atoms with Gasteiger partial charge in [0.15, 0.2) is 0 Å². The second-order valence-corrected chi connectivity index (χ2v) is 6.28. The summed E-state index contributed by atoms with van der Waals surface area (Å²) in [6, 6.07) is 25.5. The smallest absolute Gasteiger partial charge is 0.339 e. The summed E-state index contributed by atoms with van der Waals surface area (Å²) < 4.78 is 16.1. The van der Waals surface area contributed by atoms with Crippen molar-refractivity contribution in [3.8, 4) is 0 Å². The Morgan fingerprint density at radius 3 is 1.62 bits per heavy atom.